The smallest absolute Gasteiger partial charge is 0.309 e. The molecule has 1 saturated heterocycles. The highest BCUT2D eigenvalue weighted by atomic mass is 35.5. The molecule has 0 saturated carbocycles. The van der Waals surface area contributed by atoms with Crippen LogP contribution in [-0.2, 0) is 26.2 Å². The van der Waals surface area contributed by atoms with Crippen LogP contribution < -0.4 is 0 Å². The second-order valence-electron chi connectivity index (χ2n) is 6.65. The third-order valence-corrected chi connectivity index (χ3v) is 6.43. The van der Waals surface area contributed by atoms with Gasteiger partial charge in [-0.1, -0.05) is 29.8 Å². The lowest BCUT2D eigenvalue weighted by Crippen LogP contribution is -2.40. The van der Waals surface area contributed by atoms with Gasteiger partial charge in [-0.3, -0.25) is 4.79 Å². The van der Waals surface area contributed by atoms with Gasteiger partial charge in [-0.15, -0.1) is 0 Å². The average molecular weight is 412 g/mol. The molecule has 0 bridgehead atoms. The van der Waals surface area contributed by atoms with Crippen molar-refractivity contribution in [2.45, 2.75) is 26.4 Å². The highest BCUT2D eigenvalue weighted by Crippen LogP contribution is 2.26. The van der Waals surface area contributed by atoms with Gasteiger partial charge in [-0.05, 0) is 31.9 Å². The third kappa shape index (κ3) is 4.51. The number of carbonyl (C=O) groups is 1. The van der Waals surface area contributed by atoms with E-state index in [4.69, 9.17) is 16.3 Å². The number of piperidine rings is 1. The fraction of sp³-hybridized carbons (Fsp3) is 0.444. The molecule has 0 unspecified atom stereocenters. The van der Waals surface area contributed by atoms with Gasteiger partial charge in [0.2, 0.25) is 10.0 Å². The summed E-state index contributed by atoms with van der Waals surface area (Å²) in [6.07, 6.45) is 2.10. The van der Waals surface area contributed by atoms with Crippen LogP contribution >= 0.6 is 11.6 Å². The van der Waals surface area contributed by atoms with Gasteiger partial charge in [0.25, 0.3) is 0 Å². The largest absolute Gasteiger partial charge is 0.460 e. The van der Waals surface area contributed by atoms with Gasteiger partial charge in [0.15, 0.2) is 0 Å². The molecule has 3 rings (SSSR count). The van der Waals surface area contributed by atoms with Crippen LogP contribution in [0, 0.1) is 12.8 Å². The molecule has 1 aliphatic heterocycles. The molecule has 146 valence electrons. The van der Waals surface area contributed by atoms with E-state index in [0.717, 1.165) is 5.69 Å². The summed E-state index contributed by atoms with van der Waals surface area (Å²) in [7, 11) is -3.21. The normalized spacial score (nSPS) is 16.4. The molecule has 1 aromatic carbocycles. The summed E-state index contributed by atoms with van der Waals surface area (Å²) in [6, 6.07) is 9.48. The van der Waals surface area contributed by atoms with E-state index >= 15 is 0 Å². The molecule has 0 aliphatic carbocycles. The Hall–Kier alpha value is -1.90. The summed E-state index contributed by atoms with van der Waals surface area (Å²) in [6.45, 7) is 2.54. The first-order chi connectivity index (χ1) is 12.8. The molecule has 1 aromatic heterocycles. The van der Waals surface area contributed by atoms with Gasteiger partial charge in [-0.2, -0.15) is 5.10 Å². The minimum Gasteiger partial charge on any atom is -0.460 e. The highest BCUT2D eigenvalue weighted by Gasteiger charge is 2.30. The van der Waals surface area contributed by atoms with Crippen molar-refractivity contribution in [2.24, 2.45) is 5.92 Å². The maximum atomic E-state index is 12.4. The van der Waals surface area contributed by atoms with Crippen molar-refractivity contribution in [1.29, 1.82) is 0 Å². The second-order valence-corrected chi connectivity index (χ2v) is 8.99. The maximum Gasteiger partial charge on any atom is 0.309 e. The first kappa shape index (κ1) is 19.9. The number of nitrogens with zero attached hydrogens (tertiary/aromatic N) is 3. The topological polar surface area (TPSA) is 81.5 Å². The van der Waals surface area contributed by atoms with E-state index in [9.17, 15) is 13.2 Å². The van der Waals surface area contributed by atoms with Gasteiger partial charge >= 0.3 is 5.97 Å². The van der Waals surface area contributed by atoms with Crippen LogP contribution in [0.2, 0.25) is 5.15 Å². The van der Waals surface area contributed by atoms with Crippen LogP contribution in [0.3, 0.4) is 0 Å². The Labute approximate surface area is 163 Å². The summed E-state index contributed by atoms with van der Waals surface area (Å²) >= 11 is 6.44. The lowest BCUT2D eigenvalue weighted by Gasteiger charge is -2.28. The van der Waals surface area contributed by atoms with Crippen LogP contribution in [0.4, 0.5) is 0 Å². The monoisotopic (exact) mass is 411 g/mol. The SMILES string of the molecule is Cc1nn(-c2ccccc2)c(Cl)c1COC(=O)C1CCN(S(C)(=O)=O)CC1. The predicted molar refractivity (Wildman–Crippen MR) is 102 cm³/mol. The molecule has 0 amide bonds. The van der Waals surface area contributed by atoms with Crippen molar-refractivity contribution in [2.75, 3.05) is 19.3 Å². The highest BCUT2D eigenvalue weighted by molar-refractivity contribution is 7.88. The third-order valence-electron chi connectivity index (χ3n) is 4.74. The fourth-order valence-electron chi connectivity index (χ4n) is 3.12. The van der Waals surface area contributed by atoms with E-state index in [0.29, 0.717) is 42.3 Å². The van der Waals surface area contributed by atoms with Gasteiger partial charge in [0, 0.05) is 18.7 Å². The number of halogens is 1. The lowest BCUT2D eigenvalue weighted by molar-refractivity contribution is -0.151. The zero-order chi connectivity index (χ0) is 19.6. The number of carbonyl (C=O) groups excluding carboxylic acids is 1. The van der Waals surface area contributed by atoms with Crippen molar-refractivity contribution >= 4 is 27.6 Å². The number of esters is 1. The molecule has 9 heteroatoms. The first-order valence-corrected chi connectivity index (χ1v) is 10.9. The van der Waals surface area contributed by atoms with E-state index in [1.807, 2.05) is 37.3 Å². The van der Waals surface area contributed by atoms with Crippen molar-refractivity contribution in [3.05, 3.63) is 46.7 Å². The number of benzene rings is 1. The molecule has 7 nitrogen and oxygen atoms in total. The maximum absolute atomic E-state index is 12.4. The standard InChI is InChI=1S/C18H22ClN3O4S/c1-13-16(17(19)22(20-13)15-6-4-3-5-7-15)12-26-18(23)14-8-10-21(11-9-14)27(2,24)25/h3-7,14H,8-12H2,1-2H3. The molecule has 1 fully saturated rings. The summed E-state index contributed by atoms with van der Waals surface area (Å²) in [5, 5.41) is 4.84. The minimum absolute atomic E-state index is 0.0443. The Morgan fingerprint density at radius 1 is 1.26 bits per heavy atom. The van der Waals surface area contributed by atoms with Gasteiger partial charge in [-0.25, -0.2) is 17.4 Å². The van der Waals surface area contributed by atoms with Gasteiger partial charge in [0.1, 0.15) is 11.8 Å². The van der Waals surface area contributed by atoms with Crippen molar-refractivity contribution in [3.8, 4) is 5.69 Å². The van der Waals surface area contributed by atoms with Crippen molar-refractivity contribution in [1.82, 2.24) is 14.1 Å². The molecule has 27 heavy (non-hydrogen) atoms. The second kappa shape index (κ2) is 8.00. The molecule has 0 N–H and O–H groups in total. The Bertz CT molecular complexity index is 920. The van der Waals surface area contributed by atoms with Gasteiger partial charge < -0.3 is 4.74 Å². The zero-order valence-electron chi connectivity index (χ0n) is 15.3. The Kier molecular flexibility index (Phi) is 5.88. The number of aryl methyl sites for hydroxylation is 1. The number of sulfonamides is 1. The van der Waals surface area contributed by atoms with E-state index in [1.165, 1.54) is 10.6 Å². The van der Waals surface area contributed by atoms with E-state index in [2.05, 4.69) is 5.10 Å². The summed E-state index contributed by atoms with van der Waals surface area (Å²) < 4.78 is 31.6. The molecule has 0 spiro atoms. The number of ether oxygens (including phenoxy) is 1. The Balaban J connectivity index is 1.62. The molecule has 0 atom stereocenters. The number of aromatic nitrogens is 2. The lowest BCUT2D eigenvalue weighted by atomic mass is 9.98. The number of rotatable bonds is 5. The van der Waals surface area contributed by atoms with E-state index in [-0.39, 0.29) is 18.5 Å². The molecule has 2 aromatic rings. The predicted octanol–water partition coefficient (Wildman–Crippen LogP) is 2.55. The van der Waals surface area contributed by atoms with Crippen LogP contribution in [0.5, 0.6) is 0 Å². The molecule has 1 aliphatic rings. The average Bonchev–Trinajstić information content (AvgIpc) is 2.94. The van der Waals surface area contributed by atoms with Crippen LogP contribution in [-0.4, -0.2) is 47.8 Å². The molecule has 2 heterocycles. The number of hydrogen-bond acceptors (Lipinski definition) is 5. The van der Waals surface area contributed by atoms with Crippen LogP contribution in [0.1, 0.15) is 24.1 Å². The minimum atomic E-state index is -3.21. The van der Waals surface area contributed by atoms with Crippen LogP contribution in [0.25, 0.3) is 5.69 Å². The quantitative estimate of drug-likeness (QED) is 0.706. The van der Waals surface area contributed by atoms with Crippen molar-refractivity contribution in [3.63, 3.8) is 0 Å². The van der Waals surface area contributed by atoms with Gasteiger partial charge in [0.05, 0.1) is 23.6 Å². The molecular weight excluding hydrogens is 390 g/mol. The summed E-state index contributed by atoms with van der Waals surface area (Å²) in [4.78, 5) is 12.4. The van der Waals surface area contributed by atoms with E-state index < -0.39 is 10.0 Å². The zero-order valence-corrected chi connectivity index (χ0v) is 16.8. The molecule has 0 radical (unpaired) electrons. The summed E-state index contributed by atoms with van der Waals surface area (Å²) in [5.41, 5.74) is 2.20. The Morgan fingerprint density at radius 3 is 2.48 bits per heavy atom. The number of para-hydroxylation sites is 1. The van der Waals surface area contributed by atoms with Crippen molar-refractivity contribution < 1.29 is 17.9 Å². The summed E-state index contributed by atoms with van der Waals surface area (Å²) in [5.74, 6) is -0.627. The first-order valence-electron chi connectivity index (χ1n) is 8.68. The van der Waals surface area contributed by atoms with Crippen LogP contribution in [0.15, 0.2) is 30.3 Å². The van der Waals surface area contributed by atoms with E-state index in [1.54, 1.807) is 4.68 Å². The number of hydrogen-bond donors (Lipinski definition) is 0. The molecular formula is C18H22ClN3O4S. The Morgan fingerprint density at radius 2 is 1.89 bits per heavy atom. The fourth-order valence-corrected chi connectivity index (χ4v) is 4.32.